The molecule has 3 aliphatic rings. The van der Waals surface area contributed by atoms with Gasteiger partial charge in [0.25, 0.3) is 0 Å². The maximum atomic E-state index is 7.16. The maximum absolute atomic E-state index is 7.16. The van der Waals surface area contributed by atoms with Crippen LogP contribution in [0.15, 0.2) is 113 Å². The number of aromatic nitrogens is 2. The molecule has 238 valence electrons. The van der Waals surface area contributed by atoms with Gasteiger partial charge in [-0.15, -0.1) is 9.13 Å². The monoisotopic (exact) mass is 636 g/mol. The van der Waals surface area contributed by atoms with Crippen LogP contribution >= 0.6 is 0 Å². The van der Waals surface area contributed by atoms with Gasteiger partial charge in [-0.3, -0.25) is 0 Å². The predicted octanol–water partition coefficient (Wildman–Crippen LogP) is 10.3. The van der Waals surface area contributed by atoms with E-state index in [1.165, 1.54) is 88.9 Å². The fraction of sp³-hybridized carbons (Fsp3) is 0.217. The van der Waals surface area contributed by atoms with Gasteiger partial charge in [0.1, 0.15) is 27.9 Å². The van der Waals surface area contributed by atoms with Crippen LogP contribution < -0.4 is 9.13 Å². The summed E-state index contributed by atoms with van der Waals surface area (Å²) < 4.78 is 12.3. The average Bonchev–Trinajstić information content (AvgIpc) is 3.79. The van der Waals surface area contributed by atoms with E-state index >= 15 is 0 Å². The van der Waals surface area contributed by atoms with E-state index in [1.807, 2.05) is 0 Å². The van der Waals surface area contributed by atoms with E-state index in [0.29, 0.717) is 0 Å². The number of hydrogen-bond donors (Lipinski definition) is 0. The van der Waals surface area contributed by atoms with Crippen molar-refractivity contribution in [3.05, 3.63) is 148 Å². The van der Waals surface area contributed by atoms with Crippen molar-refractivity contribution >= 4 is 28.0 Å². The zero-order chi connectivity index (χ0) is 33.4. The van der Waals surface area contributed by atoms with E-state index in [2.05, 4.69) is 160 Å². The number of aryl methyl sites for hydroxylation is 2. The number of fused-ring (bicyclic) bond motifs is 16. The molecule has 0 saturated heterocycles. The van der Waals surface area contributed by atoms with Crippen LogP contribution in [-0.2, 0) is 18.5 Å². The number of pyridine rings is 2. The molecule has 1 atom stereocenters. The third-order valence-corrected chi connectivity index (χ3v) is 11.2. The Kier molecular flexibility index (Phi) is 5.66. The molecule has 0 saturated carbocycles. The first-order valence-electron chi connectivity index (χ1n) is 17.6. The maximum Gasteiger partial charge on any atom is 0.417 e. The van der Waals surface area contributed by atoms with E-state index in [9.17, 15) is 0 Å². The molecule has 1 spiro atoms. The molecule has 0 fully saturated rings. The average molecular weight is 637 g/mol. The van der Waals surface area contributed by atoms with Crippen LogP contribution in [0.1, 0.15) is 66.6 Å². The molecule has 7 aromatic rings. The highest BCUT2D eigenvalue weighted by Gasteiger charge is 2.67. The van der Waals surface area contributed by atoms with E-state index in [1.54, 1.807) is 0 Å². The number of rotatable bonds is 2. The van der Waals surface area contributed by atoms with Gasteiger partial charge in [-0.05, 0) is 97.2 Å². The van der Waals surface area contributed by atoms with Crippen LogP contribution in [0.4, 0.5) is 0 Å². The number of hydrogen-bond acceptors (Lipinski definition) is 1. The number of nitrogens with zero attached hydrogens (tertiary/aromatic N) is 2. The minimum absolute atomic E-state index is 0.0927. The summed E-state index contributed by atoms with van der Waals surface area (Å²) in [5, 5.41) is 2.37. The molecular formula is C46H40N2O+2. The highest BCUT2D eigenvalue weighted by molar-refractivity contribution is 6.12. The number of benzene rings is 4. The van der Waals surface area contributed by atoms with Crippen molar-refractivity contribution in [2.24, 2.45) is 5.41 Å². The lowest BCUT2D eigenvalue weighted by Gasteiger charge is -2.23. The summed E-state index contributed by atoms with van der Waals surface area (Å²) in [7, 11) is 0. The lowest BCUT2D eigenvalue weighted by atomic mass is 9.83. The van der Waals surface area contributed by atoms with Gasteiger partial charge < -0.3 is 4.42 Å². The summed E-state index contributed by atoms with van der Waals surface area (Å²) in [4.78, 5) is 0. The van der Waals surface area contributed by atoms with Crippen LogP contribution in [-0.4, -0.2) is 0 Å². The zero-order valence-electron chi connectivity index (χ0n) is 29.1. The van der Waals surface area contributed by atoms with Crippen LogP contribution in [0.25, 0.3) is 61.7 Å². The van der Waals surface area contributed by atoms with E-state index in [0.717, 1.165) is 24.0 Å². The molecule has 0 bridgehead atoms. The van der Waals surface area contributed by atoms with Crippen molar-refractivity contribution in [3.63, 3.8) is 0 Å². The van der Waals surface area contributed by atoms with E-state index in [-0.39, 0.29) is 5.41 Å². The van der Waals surface area contributed by atoms with Gasteiger partial charge in [-0.25, -0.2) is 0 Å². The summed E-state index contributed by atoms with van der Waals surface area (Å²) in [6.07, 6.45) is 9.03. The number of allylic oxidation sites excluding steroid dienone is 1. The Labute approximate surface area is 287 Å². The van der Waals surface area contributed by atoms with Gasteiger partial charge in [-0.1, -0.05) is 74.9 Å². The molecule has 0 radical (unpaired) electrons. The van der Waals surface area contributed by atoms with Crippen LogP contribution in [0, 0.1) is 19.3 Å². The molecular weight excluding hydrogens is 597 g/mol. The van der Waals surface area contributed by atoms with Gasteiger partial charge in [0.15, 0.2) is 12.4 Å². The smallest absolute Gasteiger partial charge is 0.417 e. The molecule has 1 unspecified atom stereocenters. The van der Waals surface area contributed by atoms with Crippen molar-refractivity contribution in [2.75, 3.05) is 0 Å². The topological polar surface area (TPSA) is 20.9 Å². The predicted molar refractivity (Wildman–Crippen MR) is 198 cm³/mol. The van der Waals surface area contributed by atoms with E-state index in [4.69, 9.17) is 4.42 Å². The summed E-state index contributed by atoms with van der Waals surface area (Å²) in [6, 6.07) is 34.1. The largest absolute Gasteiger partial charge is 0.454 e. The second-order valence-corrected chi connectivity index (χ2v) is 15.8. The second kappa shape index (κ2) is 9.66. The zero-order valence-corrected chi connectivity index (χ0v) is 29.1. The first kappa shape index (κ1) is 28.7. The van der Waals surface area contributed by atoms with Crippen molar-refractivity contribution in [3.8, 4) is 33.6 Å². The Hall–Kier alpha value is -5.28. The quantitative estimate of drug-likeness (QED) is 0.173. The van der Waals surface area contributed by atoms with Gasteiger partial charge >= 0.3 is 5.66 Å². The Morgan fingerprint density at radius 1 is 0.694 bits per heavy atom. The van der Waals surface area contributed by atoms with Gasteiger partial charge in [-0.2, -0.15) is 0 Å². The summed E-state index contributed by atoms with van der Waals surface area (Å²) in [6.45, 7) is 13.8. The van der Waals surface area contributed by atoms with Gasteiger partial charge in [0.2, 0.25) is 11.4 Å². The second-order valence-electron chi connectivity index (χ2n) is 15.8. The highest BCUT2D eigenvalue weighted by Crippen LogP contribution is 2.52. The summed E-state index contributed by atoms with van der Waals surface area (Å²) >= 11 is 0. The molecule has 3 aromatic heterocycles. The molecule has 3 heteroatoms. The van der Waals surface area contributed by atoms with Gasteiger partial charge in [0.05, 0.1) is 5.56 Å². The Bertz CT molecular complexity index is 2560. The Balaban J connectivity index is 1.40. The third-order valence-electron chi connectivity index (χ3n) is 11.2. The lowest BCUT2D eigenvalue weighted by molar-refractivity contribution is -0.955. The SMILES string of the molecule is CC1=Cc2c(ccc3c2oc2c4c(ccc23)C2(c3ccccc3-c3cccc[n+]32)[n+]2cc(CC(C)(C)C)c(-c3c(C)cccc3C)cc2-4)C1. The molecule has 0 amide bonds. The van der Waals surface area contributed by atoms with Crippen molar-refractivity contribution in [1.29, 1.82) is 0 Å². The molecule has 2 aliphatic heterocycles. The third kappa shape index (κ3) is 3.73. The van der Waals surface area contributed by atoms with Crippen molar-refractivity contribution in [2.45, 2.75) is 60.0 Å². The standard InChI is InChI=1S/C46H40N2O/c1-27-22-30-17-18-32-33-19-20-38-42(44(33)49-43(32)36(30)23-27)40-24-35(41-28(2)12-11-13-29(41)3)31(25-45(4,5)6)26-48(40)46(38)37-15-8-7-14-34(37)39-16-9-10-21-47(39)46/h7-21,23-24,26H,22,25H2,1-6H3/q+2. The van der Waals surface area contributed by atoms with Crippen molar-refractivity contribution in [1.82, 2.24) is 0 Å². The van der Waals surface area contributed by atoms with Crippen molar-refractivity contribution < 1.29 is 13.6 Å². The van der Waals surface area contributed by atoms with Gasteiger partial charge in [0, 0.05) is 40.1 Å². The first-order valence-corrected chi connectivity index (χ1v) is 17.6. The molecule has 5 heterocycles. The minimum Gasteiger partial charge on any atom is -0.454 e. The Morgan fingerprint density at radius 2 is 1.45 bits per heavy atom. The minimum atomic E-state index is -0.602. The highest BCUT2D eigenvalue weighted by atomic mass is 16.3. The normalized spacial score (nSPS) is 17.0. The lowest BCUT2D eigenvalue weighted by Crippen LogP contribution is -2.71. The van der Waals surface area contributed by atoms with Crippen LogP contribution in [0.2, 0.25) is 0 Å². The molecule has 10 rings (SSSR count). The summed E-state index contributed by atoms with van der Waals surface area (Å²) in [5.41, 5.74) is 19.5. The fourth-order valence-corrected chi connectivity index (χ4v) is 9.39. The molecule has 3 nitrogen and oxygen atoms in total. The summed E-state index contributed by atoms with van der Waals surface area (Å²) in [5.74, 6) is 0. The fourth-order valence-electron chi connectivity index (χ4n) is 9.39. The molecule has 0 N–H and O–H groups in total. The van der Waals surface area contributed by atoms with E-state index < -0.39 is 5.66 Å². The Morgan fingerprint density at radius 3 is 2.27 bits per heavy atom. The molecule has 4 aromatic carbocycles. The molecule has 49 heavy (non-hydrogen) atoms. The van der Waals surface area contributed by atoms with Crippen LogP contribution in [0.3, 0.4) is 0 Å². The molecule has 1 aliphatic carbocycles. The number of furan rings is 1. The first-order chi connectivity index (χ1) is 23.6. The van der Waals surface area contributed by atoms with Crippen LogP contribution in [0.5, 0.6) is 0 Å².